The van der Waals surface area contributed by atoms with E-state index in [1.54, 1.807) is 0 Å². The molecule has 2 aromatic heterocycles. The molecule has 0 bridgehead atoms. The highest BCUT2D eigenvalue weighted by Gasteiger charge is 2.19. The van der Waals surface area contributed by atoms with E-state index >= 15 is 0 Å². The highest BCUT2D eigenvalue weighted by atomic mass is 16.5. The first-order valence-corrected chi connectivity index (χ1v) is 11.5. The predicted molar refractivity (Wildman–Crippen MR) is 130 cm³/mol. The standard InChI is InChI=1S/C26H30N6O/c1-19-27-22(17-32-20(2)29-23-10-6-7-11-25(23)32)16-26(28-19)30-24(21-8-4-3-5-9-21)18-31-12-14-33-15-13-31/h3-11,16,24H,12-15,17-18H2,1-2H3,(H,27,28,30)/t24-/m1/s1. The summed E-state index contributed by atoms with van der Waals surface area (Å²) in [7, 11) is 0. The topological polar surface area (TPSA) is 68.1 Å². The number of imidazole rings is 1. The molecule has 0 unspecified atom stereocenters. The fourth-order valence-electron chi connectivity index (χ4n) is 4.48. The Hall–Kier alpha value is -3.29. The maximum Gasteiger partial charge on any atom is 0.130 e. The molecule has 0 amide bonds. The average molecular weight is 443 g/mol. The second kappa shape index (κ2) is 9.68. The van der Waals surface area contributed by atoms with Crippen LogP contribution in [0.25, 0.3) is 11.0 Å². The number of aryl methyl sites for hydroxylation is 2. The third kappa shape index (κ3) is 5.05. The van der Waals surface area contributed by atoms with Crippen molar-refractivity contribution >= 4 is 16.9 Å². The number of benzene rings is 2. The van der Waals surface area contributed by atoms with Crippen molar-refractivity contribution in [1.29, 1.82) is 0 Å². The lowest BCUT2D eigenvalue weighted by Crippen LogP contribution is -2.40. The summed E-state index contributed by atoms with van der Waals surface area (Å²) in [6.45, 7) is 9.03. The molecule has 1 saturated heterocycles. The molecule has 170 valence electrons. The van der Waals surface area contributed by atoms with Crippen molar-refractivity contribution in [2.24, 2.45) is 0 Å². The first kappa shape index (κ1) is 21.6. The van der Waals surface area contributed by atoms with Gasteiger partial charge in [-0.1, -0.05) is 42.5 Å². The Morgan fingerprint density at radius 1 is 0.939 bits per heavy atom. The van der Waals surface area contributed by atoms with E-state index in [9.17, 15) is 0 Å². The van der Waals surface area contributed by atoms with Crippen LogP contribution in [0.15, 0.2) is 60.7 Å². The van der Waals surface area contributed by atoms with E-state index in [0.29, 0.717) is 6.54 Å². The highest BCUT2D eigenvalue weighted by Crippen LogP contribution is 2.22. The van der Waals surface area contributed by atoms with Gasteiger partial charge in [-0.05, 0) is 31.5 Å². The van der Waals surface area contributed by atoms with Crippen LogP contribution in [0.5, 0.6) is 0 Å². The summed E-state index contributed by atoms with van der Waals surface area (Å²) in [6.07, 6.45) is 0. The van der Waals surface area contributed by atoms with Gasteiger partial charge in [-0.15, -0.1) is 0 Å². The molecule has 0 spiro atoms. The summed E-state index contributed by atoms with van der Waals surface area (Å²) < 4.78 is 7.75. The van der Waals surface area contributed by atoms with Gasteiger partial charge in [-0.3, -0.25) is 4.90 Å². The van der Waals surface area contributed by atoms with Crippen LogP contribution < -0.4 is 5.32 Å². The molecule has 1 aliphatic heterocycles. The molecular weight excluding hydrogens is 412 g/mol. The van der Waals surface area contributed by atoms with Crippen LogP contribution in [0, 0.1) is 13.8 Å². The Morgan fingerprint density at radius 2 is 1.70 bits per heavy atom. The molecule has 1 atom stereocenters. The molecule has 1 fully saturated rings. The fourth-order valence-corrected chi connectivity index (χ4v) is 4.48. The summed E-state index contributed by atoms with van der Waals surface area (Å²) in [5.74, 6) is 2.59. The largest absolute Gasteiger partial charge is 0.379 e. The quantitative estimate of drug-likeness (QED) is 0.467. The van der Waals surface area contributed by atoms with Crippen LogP contribution in [0.3, 0.4) is 0 Å². The van der Waals surface area contributed by atoms with Crippen molar-refractivity contribution < 1.29 is 4.74 Å². The van der Waals surface area contributed by atoms with E-state index < -0.39 is 0 Å². The van der Waals surface area contributed by atoms with Crippen molar-refractivity contribution in [3.63, 3.8) is 0 Å². The number of nitrogens with one attached hydrogen (secondary N) is 1. The first-order valence-electron chi connectivity index (χ1n) is 11.5. The zero-order chi connectivity index (χ0) is 22.6. The van der Waals surface area contributed by atoms with Crippen LogP contribution >= 0.6 is 0 Å². The van der Waals surface area contributed by atoms with Crippen molar-refractivity contribution in [2.45, 2.75) is 26.4 Å². The van der Waals surface area contributed by atoms with E-state index in [-0.39, 0.29) is 6.04 Å². The zero-order valence-corrected chi connectivity index (χ0v) is 19.2. The third-order valence-electron chi connectivity index (χ3n) is 6.13. The SMILES string of the molecule is Cc1nc(Cn2c(C)nc3ccccc32)cc(N[C@H](CN2CCOCC2)c2ccccc2)n1. The second-order valence-corrected chi connectivity index (χ2v) is 8.55. The number of aromatic nitrogens is 4. The summed E-state index contributed by atoms with van der Waals surface area (Å²) in [6, 6.07) is 21.0. The van der Waals surface area contributed by atoms with Gasteiger partial charge in [0.05, 0.1) is 42.5 Å². The van der Waals surface area contributed by atoms with Gasteiger partial charge in [0.15, 0.2) is 0 Å². The molecule has 0 aliphatic carbocycles. The maximum absolute atomic E-state index is 5.54. The van der Waals surface area contributed by atoms with E-state index in [4.69, 9.17) is 19.7 Å². The smallest absolute Gasteiger partial charge is 0.130 e. The number of hydrogen-bond acceptors (Lipinski definition) is 6. The van der Waals surface area contributed by atoms with E-state index in [1.165, 1.54) is 5.56 Å². The molecule has 4 aromatic rings. The van der Waals surface area contributed by atoms with Gasteiger partial charge in [-0.25, -0.2) is 15.0 Å². The Bertz CT molecular complexity index is 1220. The number of ether oxygens (including phenoxy) is 1. The summed E-state index contributed by atoms with van der Waals surface area (Å²) in [5.41, 5.74) is 4.34. The molecule has 2 aromatic carbocycles. The third-order valence-corrected chi connectivity index (χ3v) is 6.13. The highest BCUT2D eigenvalue weighted by molar-refractivity contribution is 5.75. The number of rotatable bonds is 7. The number of fused-ring (bicyclic) bond motifs is 1. The predicted octanol–water partition coefficient (Wildman–Crippen LogP) is 3.98. The Morgan fingerprint density at radius 3 is 2.52 bits per heavy atom. The Balaban J connectivity index is 1.41. The summed E-state index contributed by atoms with van der Waals surface area (Å²) in [5, 5.41) is 3.70. The second-order valence-electron chi connectivity index (χ2n) is 8.55. The van der Waals surface area contributed by atoms with E-state index in [2.05, 4.69) is 57.2 Å². The monoisotopic (exact) mass is 442 g/mol. The van der Waals surface area contributed by atoms with Crippen molar-refractivity contribution in [3.05, 3.63) is 83.6 Å². The number of hydrogen-bond donors (Lipinski definition) is 1. The molecule has 7 heteroatoms. The summed E-state index contributed by atoms with van der Waals surface area (Å²) in [4.78, 5) is 16.6. The molecular formula is C26H30N6O. The normalized spacial score (nSPS) is 15.6. The molecule has 1 N–H and O–H groups in total. The van der Waals surface area contributed by atoms with Gasteiger partial charge >= 0.3 is 0 Å². The van der Waals surface area contributed by atoms with Gasteiger partial charge in [0, 0.05) is 25.7 Å². The van der Waals surface area contributed by atoms with Crippen LogP contribution in [-0.4, -0.2) is 57.3 Å². The van der Waals surface area contributed by atoms with Crippen molar-refractivity contribution in [2.75, 3.05) is 38.2 Å². The van der Waals surface area contributed by atoms with Crippen molar-refractivity contribution in [1.82, 2.24) is 24.4 Å². The Kier molecular flexibility index (Phi) is 6.32. The lowest BCUT2D eigenvalue weighted by molar-refractivity contribution is 0.0360. The molecule has 0 radical (unpaired) electrons. The van der Waals surface area contributed by atoms with Gasteiger partial charge < -0.3 is 14.6 Å². The number of morpholine rings is 1. The first-order chi connectivity index (χ1) is 16.2. The molecule has 33 heavy (non-hydrogen) atoms. The average Bonchev–Trinajstić information content (AvgIpc) is 3.14. The lowest BCUT2D eigenvalue weighted by atomic mass is 10.1. The number of para-hydroxylation sites is 2. The molecule has 3 heterocycles. The van der Waals surface area contributed by atoms with Gasteiger partial charge in [0.25, 0.3) is 0 Å². The van der Waals surface area contributed by atoms with Gasteiger partial charge in [0.1, 0.15) is 17.5 Å². The Labute approximate surface area is 194 Å². The van der Waals surface area contributed by atoms with Gasteiger partial charge in [0.2, 0.25) is 0 Å². The van der Waals surface area contributed by atoms with Crippen LogP contribution in [0.4, 0.5) is 5.82 Å². The van der Waals surface area contributed by atoms with E-state index in [1.807, 2.05) is 32.0 Å². The van der Waals surface area contributed by atoms with Crippen molar-refractivity contribution in [3.8, 4) is 0 Å². The van der Waals surface area contributed by atoms with Crippen LogP contribution in [0.2, 0.25) is 0 Å². The molecule has 5 rings (SSSR count). The molecule has 7 nitrogen and oxygen atoms in total. The molecule has 1 aliphatic rings. The van der Waals surface area contributed by atoms with E-state index in [0.717, 1.165) is 67.0 Å². The van der Waals surface area contributed by atoms with Gasteiger partial charge in [-0.2, -0.15) is 0 Å². The minimum absolute atomic E-state index is 0.127. The zero-order valence-electron chi connectivity index (χ0n) is 19.2. The molecule has 0 saturated carbocycles. The fraction of sp³-hybridized carbons (Fsp3) is 0.346. The minimum Gasteiger partial charge on any atom is -0.379 e. The lowest BCUT2D eigenvalue weighted by Gasteiger charge is -2.31. The van der Waals surface area contributed by atoms with Crippen LogP contribution in [-0.2, 0) is 11.3 Å². The number of anilines is 1. The van der Waals surface area contributed by atoms with Crippen LogP contribution in [0.1, 0.15) is 28.9 Å². The number of nitrogens with zero attached hydrogens (tertiary/aromatic N) is 5. The maximum atomic E-state index is 5.54. The summed E-state index contributed by atoms with van der Waals surface area (Å²) >= 11 is 0. The minimum atomic E-state index is 0.127.